The van der Waals surface area contributed by atoms with Gasteiger partial charge in [-0.2, -0.15) is 4.31 Å². The van der Waals surface area contributed by atoms with Crippen LogP contribution in [0.3, 0.4) is 0 Å². The van der Waals surface area contributed by atoms with Gasteiger partial charge in [-0.05, 0) is 42.8 Å². The molecule has 23 heavy (non-hydrogen) atoms. The summed E-state index contributed by atoms with van der Waals surface area (Å²) in [7, 11) is -3.51. The van der Waals surface area contributed by atoms with Crippen LogP contribution in [0.5, 0.6) is 0 Å². The van der Waals surface area contributed by atoms with Crippen LogP contribution in [0.2, 0.25) is 5.02 Å². The Hall–Kier alpha value is -1.63. The highest BCUT2D eigenvalue weighted by Crippen LogP contribution is 2.23. The Kier molecular flexibility index (Phi) is 4.57. The molecule has 2 heterocycles. The molecular weight excluding hydrogens is 334 g/mol. The SMILES string of the molecule is Cc1cc(Cl)cc(S(=O)(=O)N2CCN(c3ccccn3)CC2)c1. The molecule has 0 amide bonds. The second kappa shape index (κ2) is 6.47. The molecule has 1 aromatic heterocycles. The van der Waals surface area contributed by atoms with E-state index in [0.717, 1.165) is 11.4 Å². The van der Waals surface area contributed by atoms with Gasteiger partial charge in [0, 0.05) is 37.4 Å². The van der Waals surface area contributed by atoms with Crippen molar-refractivity contribution in [1.29, 1.82) is 0 Å². The third kappa shape index (κ3) is 3.49. The van der Waals surface area contributed by atoms with E-state index in [0.29, 0.717) is 31.2 Å². The Labute approximate surface area is 141 Å². The number of anilines is 1. The first-order chi connectivity index (χ1) is 11.0. The summed E-state index contributed by atoms with van der Waals surface area (Å²) in [6, 6.07) is 10.7. The molecule has 0 radical (unpaired) electrons. The lowest BCUT2D eigenvalue weighted by Crippen LogP contribution is -2.48. The van der Waals surface area contributed by atoms with E-state index in [4.69, 9.17) is 11.6 Å². The molecular formula is C16H18ClN3O2S. The fraction of sp³-hybridized carbons (Fsp3) is 0.312. The van der Waals surface area contributed by atoms with Crippen LogP contribution in [0.1, 0.15) is 5.56 Å². The zero-order chi connectivity index (χ0) is 16.4. The first-order valence-corrected chi connectivity index (χ1v) is 9.22. The van der Waals surface area contributed by atoms with Crippen LogP contribution in [0.25, 0.3) is 0 Å². The summed E-state index contributed by atoms with van der Waals surface area (Å²) >= 11 is 6.00. The number of nitrogens with zero attached hydrogens (tertiary/aromatic N) is 3. The van der Waals surface area contributed by atoms with Gasteiger partial charge in [-0.15, -0.1) is 0 Å². The number of piperazine rings is 1. The van der Waals surface area contributed by atoms with Crippen LogP contribution in [0.15, 0.2) is 47.5 Å². The summed E-state index contributed by atoms with van der Waals surface area (Å²) in [5.74, 6) is 0.878. The number of halogens is 1. The van der Waals surface area contributed by atoms with Crippen LogP contribution in [0.4, 0.5) is 5.82 Å². The number of aromatic nitrogens is 1. The number of pyridine rings is 1. The van der Waals surface area contributed by atoms with Crippen molar-refractivity contribution in [2.24, 2.45) is 0 Å². The maximum atomic E-state index is 12.8. The predicted octanol–water partition coefficient (Wildman–Crippen LogP) is 2.55. The normalized spacial score (nSPS) is 16.5. The summed E-state index contributed by atoms with van der Waals surface area (Å²) in [5, 5.41) is 0.440. The Morgan fingerprint density at radius 3 is 2.43 bits per heavy atom. The quantitative estimate of drug-likeness (QED) is 0.852. The highest BCUT2D eigenvalue weighted by Gasteiger charge is 2.29. The van der Waals surface area contributed by atoms with Crippen LogP contribution < -0.4 is 4.90 Å². The van der Waals surface area contributed by atoms with E-state index < -0.39 is 10.0 Å². The molecule has 3 rings (SSSR count). The minimum atomic E-state index is -3.51. The fourth-order valence-electron chi connectivity index (χ4n) is 2.70. The molecule has 0 bridgehead atoms. The van der Waals surface area contributed by atoms with Crippen molar-refractivity contribution < 1.29 is 8.42 Å². The molecule has 1 saturated heterocycles. The van der Waals surface area contributed by atoms with E-state index in [1.807, 2.05) is 25.1 Å². The van der Waals surface area contributed by atoms with Crippen molar-refractivity contribution >= 4 is 27.4 Å². The van der Waals surface area contributed by atoms with Gasteiger partial charge in [0.15, 0.2) is 0 Å². The van der Waals surface area contributed by atoms with Crippen LogP contribution >= 0.6 is 11.6 Å². The lowest BCUT2D eigenvalue weighted by Gasteiger charge is -2.34. The van der Waals surface area contributed by atoms with Crippen LogP contribution in [-0.2, 0) is 10.0 Å². The second-order valence-electron chi connectivity index (χ2n) is 5.54. The number of hydrogen-bond donors (Lipinski definition) is 0. The van der Waals surface area contributed by atoms with E-state index >= 15 is 0 Å². The summed E-state index contributed by atoms with van der Waals surface area (Å²) in [4.78, 5) is 6.66. The molecule has 0 N–H and O–H groups in total. The molecule has 0 unspecified atom stereocenters. The first kappa shape index (κ1) is 16.2. The Balaban J connectivity index is 1.76. The van der Waals surface area contributed by atoms with Gasteiger partial charge < -0.3 is 4.90 Å². The topological polar surface area (TPSA) is 53.5 Å². The summed E-state index contributed by atoms with van der Waals surface area (Å²) in [6.07, 6.45) is 1.74. The van der Waals surface area contributed by atoms with E-state index in [1.165, 1.54) is 10.4 Å². The Morgan fingerprint density at radius 2 is 1.83 bits per heavy atom. The lowest BCUT2D eigenvalue weighted by molar-refractivity contribution is 0.384. The van der Waals surface area contributed by atoms with Gasteiger partial charge in [0.1, 0.15) is 5.82 Å². The van der Waals surface area contributed by atoms with Gasteiger partial charge in [-0.3, -0.25) is 0 Å². The average Bonchev–Trinajstić information content (AvgIpc) is 2.55. The van der Waals surface area contributed by atoms with Gasteiger partial charge in [-0.25, -0.2) is 13.4 Å². The second-order valence-corrected chi connectivity index (χ2v) is 7.92. The van der Waals surface area contributed by atoms with E-state index in [-0.39, 0.29) is 4.90 Å². The average molecular weight is 352 g/mol. The molecule has 1 aromatic carbocycles. The van der Waals surface area contributed by atoms with Crippen molar-refractivity contribution in [2.75, 3.05) is 31.1 Å². The predicted molar refractivity (Wildman–Crippen MR) is 91.4 cm³/mol. The standard InChI is InChI=1S/C16H18ClN3O2S/c1-13-10-14(17)12-15(11-13)23(21,22)20-8-6-19(7-9-20)16-4-2-3-5-18-16/h2-5,10-12H,6-9H2,1H3. The molecule has 5 nitrogen and oxygen atoms in total. The molecule has 1 fully saturated rings. The zero-order valence-electron chi connectivity index (χ0n) is 12.8. The molecule has 1 aliphatic heterocycles. The number of rotatable bonds is 3. The lowest BCUT2D eigenvalue weighted by atomic mass is 10.2. The minimum Gasteiger partial charge on any atom is -0.354 e. The van der Waals surface area contributed by atoms with Gasteiger partial charge >= 0.3 is 0 Å². The molecule has 0 spiro atoms. The van der Waals surface area contributed by atoms with Crippen molar-refractivity contribution in [2.45, 2.75) is 11.8 Å². The van der Waals surface area contributed by atoms with Crippen molar-refractivity contribution in [3.05, 3.63) is 53.2 Å². The monoisotopic (exact) mass is 351 g/mol. The smallest absolute Gasteiger partial charge is 0.243 e. The molecule has 7 heteroatoms. The Bertz CT molecular complexity index is 768. The molecule has 0 atom stereocenters. The van der Waals surface area contributed by atoms with Crippen molar-refractivity contribution in [1.82, 2.24) is 9.29 Å². The highest BCUT2D eigenvalue weighted by atomic mass is 35.5. The van der Waals surface area contributed by atoms with Gasteiger partial charge in [-0.1, -0.05) is 17.7 Å². The molecule has 122 valence electrons. The fourth-order valence-corrected chi connectivity index (χ4v) is 4.61. The molecule has 2 aromatic rings. The molecule has 0 aliphatic carbocycles. The van der Waals surface area contributed by atoms with Gasteiger partial charge in [0.05, 0.1) is 4.90 Å². The summed E-state index contributed by atoms with van der Waals surface area (Å²) < 4.78 is 27.0. The van der Waals surface area contributed by atoms with Crippen LogP contribution in [-0.4, -0.2) is 43.9 Å². The van der Waals surface area contributed by atoms with E-state index in [1.54, 1.807) is 18.3 Å². The van der Waals surface area contributed by atoms with Gasteiger partial charge in [0.25, 0.3) is 0 Å². The van der Waals surface area contributed by atoms with Crippen molar-refractivity contribution in [3.8, 4) is 0 Å². The van der Waals surface area contributed by atoms with Gasteiger partial charge in [0.2, 0.25) is 10.0 Å². The first-order valence-electron chi connectivity index (χ1n) is 7.40. The molecule has 0 saturated carbocycles. The highest BCUT2D eigenvalue weighted by molar-refractivity contribution is 7.89. The van der Waals surface area contributed by atoms with Crippen molar-refractivity contribution in [3.63, 3.8) is 0 Å². The third-order valence-corrected chi connectivity index (χ3v) is 5.96. The maximum Gasteiger partial charge on any atom is 0.243 e. The van der Waals surface area contributed by atoms with Crippen LogP contribution in [0, 0.1) is 6.92 Å². The summed E-state index contributed by atoms with van der Waals surface area (Å²) in [6.45, 7) is 3.95. The molecule has 1 aliphatic rings. The van der Waals surface area contributed by atoms with E-state index in [2.05, 4.69) is 9.88 Å². The zero-order valence-corrected chi connectivity index (χ0v) is 14.4. The van der Waals surface area contributed by atoms with E-state index in [9.17, 15) is 8.42 Å². The number of benzene rings is 1. The Morgan fingerprint density at radius 1 is 1.09 bits per heavy atom. The number of aryl methyl sites for hydroxylation is 1. The minimum absolute atomic E-state index is 0.258. The number of sulfonamides is 1. The summed E-state index contributed by atoms with van der Waals surface area (Å²) in [5.41, 5.74) is 0.836. The third-order valence-electron chi connectivity index (χ3n) is 3.87. The largest absolute Gasteiger partial charge is 0.354 e. The number of hydrogen-bond acceptors (Lipinski definition) is 4. The maximum absolute atomic E-state index is 12.8.